The van der Waals surface area contributed by atoms with Gasteiger partial charge >= 0.3 is 0 Å². The van der Waals surface area contributed by atoms with E-state index >= 15 is 0 Å². The van der Waals surface area contributed by atoms with E-state index < -0.39 is 6.10 Å². The highest BCUT2D eigenvalue weighted by Crippen LogP contribution is 2.11. The lowest BCUT2D eigenvalue weighted by Gasteiger charge is -2.18. The average Bonchev–Trinajstić information content (AvgIpc) is 2.83. The standard InChI is InChI=1S/C23H30N4O2.C2H6/c1-27(17-19(15-25)11-13-24)23(29)21-9-7-18(8-10-21)12-14-26-16-22(28)20-5-3-2-4-6-20;1-2/h2-11,13,15,22,26,28H,12,14,16-17,24-25H2,1H3;1-2H3/b13-11-,19-15+;. The number of amides is 1. The quantitative estimate of drug-likeness (QED) is 0.347. The Bertz CT molecular complexity index is 817. The van der Waals surface area contributed by atoms with Gasteiger partial charge in [0, 0.05) is 25.7 Å². The Morgan fingerprint density at radius 1 is 1.10 bits per heavy atom. The molecule has 6 nitrogen and oxygen atoms in total. The van der Waals surface area contributed by atoms with Crippen LogP contribution in [0.5, 0.6) is 0 Å². The number of rotatable bonds is 10. The first kappa shape index (κ1) is 25.9. The van der Waals surface area contributed by atoms with Crippen LogP contribution in [-0.4, -0.2) is 42.6 Å². The zero-order valence-corrected chi connectivity index (χ0v) is 18.8. The van der Waals surface area contributed by atoms with Gasteiger partial charge in [0.05, 0.1) is 6.10 Å². The van der Waals surface area contributed by atoms with Crippen molar-refractivity contribution >= 4 is 5.91 Å². The largest absolute Gasteiger partial charge is 0.405 e. The molecule has 6 heteroatoms. The van der Waals surface area contributed by atoms with Gasteiger partial charge in [-0.25, -0.2) is 0 Å². The van der Waals surface area contributed by atoms with Crippen molar-refractivity contribution in [2.75, 3.05) is 26.7 Å². The van der Waals surface area contributed by atoms with Crippen molar-refractivity contribution < 1.29 is 9.90 Å². The summed E-state index contributed by atoms with van der Waals surface area (Å²) < 4.78 is 0. The van der Waals surface area contributed by atoms with Crippen LogP contribution in [-0.2, 0) is 6.42 Å². The van der Waals surface area contributed by atoms with E-state index in [9.17, 15) is 9.90 Å². The maximum absolute atomic E-state index is 12.5. The number of aliphatic hydroxyl groups excluding tert-OH is 1. The number of nitrogens with zero attached hydrogens (tertiary/aromatic N) is 1. The van der Waals surface area contributed by atoms with Gasteiger partial charge in [-0.1, -0.05) is 56.3 Å². The molecular formula is C25H36N4O2. The third-order valence-electron chi connectivity index (χ3n) is 4.60. The molecule has 0 heterocycles. The van der Waals surface area contributed by atoms with Crippen molar-refractivity contribution in [3.05, 3.63) is 95.3 Å². The van der Waals surface area contributed by atoms with E-state index in [2.05, 4.69) is 5.32 Å². The molecule has 0 aliphatic heterocycles. The van der Waals surface area contributed by atoms with Gasteiger partial charge in [0.1, 0.15) is 0 Å². The molecule has 1 atom stereocenters. The minimum Gasteiger partial charge on any atom is -0.405 e. The lowest BCUT2D eigenvalue weighted by molar-refractivity contribution is 0.0808. The molecule has 0 spiro atoms. The molecule has 2 rings (SSSR count). The van der Waals surface area contributed by atoms with E-state index in [0.717, 1.165) is 29.7 Å². The van der Waals surface area contributed by atoms with Gasteiger partial charge in [-0.15, -0.1) is 0 Å². The summed E-state index contributed by atoms with van der Waals surface area (Å²) in [6, 6.07) is 17.2. The minimum atomic E-state index is -0.520. The zero-order valence-electron chi connectivity index (χ0n) is 18.8. The maximum Gasteiger partial charge on any atom is 0.253 e. The zero-order chi connectivity index (χ0) is 23.1. The number of nitrogens with one attached hydrogen (secondary N) is 1. The monoisotopic (exact) mass is 424 g/mol. The molecule has 1 amide bonds. The highest BCUT2D eigenvalue weighted by atomic mass is 16.3. The summed E-state index contributed by atoms with van der Waals surface area (Å²) in [5.74, 6) is -0.0783. The van der Waals surface area contributed by atoms with Crippen LogP contribution in [0.4, 0.5) is 0 Å². The maximum atomic E-state index is 12.5. The van der Waals surface area contributed by atoms with Crippen LogP contribution in [0.3, 0.4) is 0 Å². The van der Waals surface area contributed by atoms with Gasteiger partial charge in [-0.05, 0) is 60.3 Å². The molecule has 0 aliphatic carbocycles. The molecular weight excluding hydrogens is 388 g/mol. The lowest BCUT2D eigenvalue weighted by Crippen LogP contribution is -2.28. The van der Waals surface area contributed by atoms with Gasteiger partial charge in [0.2, 0.25) is 0 Å². The Kier molecular flexibility index (Phi) is 12.4. The van der Waals surface area contributed by atoms with Crippen molar-refractivity contribution in [3.8, 4) is 0 Å². The second-order valence-corrected chi connectivity index (χ2v) is 6.84. The number of nitrogens with two attached hydrogens (primary N) is 2. The van der Waals surface area contributed by atoms with E-state index in [1.165, 1.54) is 12.4 Å². The smallest absolute Gasteiger partial charge is 0.253 e. The molecule has 0 saturated heterocycles. The van der Waals surface area contributed by atoms with Gasteiger partial charge in [0.25, 0.3) is 5.91 Å². The molecule has 168 valence electrons. The van der Waals surface area contributed by atoms with Crippen LogP contribution in [0.15, 0.2) is 78.6 Å². The summed E-state index contributed by atoms with van der Waals surface area (Å²) in [5.41, 5.74) is 14.3. The number of carbonyl (C=O) groups is 1. The molecule has 2 aromatic rings. The number of aliphatic hydroxyl groups is 1. The predicted molar refractivity (Wildman–Crippen MR) is 128 cm³/mol. The van der Waals surface area contributed by atoms with E-state index in [4.69, 9.17) is 11.5 Å². The van der Waals surface area contributed by atoms with Crippen LogP contribution < -0.4 is 16.8 Å². The second kappa shape index (κ2) is 14.8. The number of hydrogen-bond acceptors (Lipinski definition) is 5. The van der Waals surface area contributed by atoms with Crippen molar-refractivity contribution in [1.29, 1.82) is 0 Å². The van der Waals surface area contributed by atoms with Crippen LogP contribution in [0, 0.1) is 0 Å². The van der Waals surface area contributed by atoms with E-state index in [-0.39, 0.29) is 5.91 Å². The summed E-state index contributed by atoms with van der Waals surface area (Å²) in [4.78, 5) is 14.1. The SMILES string of the molecule is CC.CN(CC(/C=C\N)=C/N)C(=O)c1ccc(CCNCC(O)c2ccccc2)cc1. The molecule has 0 aromatic heterocycles. The molecule has 0 aliphatic rings. The third-order valence-corrected chi connectivity index (χ3v) is 4.60. The summed E-state index contributed by atoms with van der Waals surface area (Å²) in [5, 5.41) is 13.4. The van der Waals surface area contributed by atoms with Crippen molar-refractivity contribution in [3.63, 3.8) is 0 Å². The number of carbonyl (C=O) groups excluding carboxylic acids is 1. The van der Waals surface area contributed by atoms with Crippen molar-refractivity contribution in [2.24, 2.45) is 11.5 Å². The molecule has 1 unspecified atom stereocenters. The Morgan fingerprint density at radius 3 is 2.32 bits per heavy atom. The van der Waals surface area contributed by atoms with Crippen LogP contribution in [0.2, 0.25) is 0 Å². The number of benzene rings is 2. The lowest BCUT2D eigenvalue weighted by atomic mass is 10.1. The fourth-order valence-electron chi connectivity index (χ4n) is 2.93. The third kappa shape index (κ3) is 9.07. The van der Waals surface area contributed by atoms with E-state index in [1.54, 1.807) is 18.0 Å². The summed E-state index contributed by atoms with van der Waals surface area (Å²) in [7, 11) is 1.73. The van der Waals surface area contributed by atoms with Gasteiger partial charge < -0.3 is 26.8 Å². The first-order valence-corrected chi connectivity index (χ1v) is 10.6. The Morgan fingerprint density at radius 2 is 1.74 bits per heavy atom. The normalized spacial score (nSPS) is 12.2. The van der Waals surface area contributed by atoms with Crippen LogP contribution in [0.1, 0.15) is 41.4 Å². The van der Waals surface area contributed by atoms with Crippen LogP contribution >= 0.6 is 0 Å². The van der Waals surface area contributed by atoms with Gasteiger partial charge in [0.15, 0.2) is 0 Å². The fourth-order valence-corrected chi connectivity index (χ4v) is 2.93. The predicted octanol–water partition coefficient (Wildman–Crippen LogP) is 2.97. The highest BCUT2D eigenvalue weighted by Gasteiger charge is 2.12. The summed E-state index contributed by atoms with van der Waals surface area (Å²) >= 11 is 0. The summed E-state index contributed by atoms with van der Waals surface area (Å²) in [6.07, 6.45) is 4.81. The number of hydrogen-bond donors (Lipinski definition) is 4. The first-order chi connectivity index (χ1) is 15.0. The van der Waals surface area contributed by atoms with E-state index in [0.29, 0.717) is 18.7 Å². The Balaban J connectivity index is 0.00000233. The average molecular weight is 425 g/mol. The van der Waals surface area contributed by atoms with Gasteiger partial charge in [-0.2, -0.15) is 0 Å². The minimum absolute atomic E-state index is 0.0783. The molecule has 0 saturated carbocycles. The molecule has 31 heavy (non-hydrogen) atoms. The molecule has 0 bridgehead atoms. The fraction of sp³-hybridized carbons (Fsp3) is 0.320. The first-order valence-electron chi connectivity index (χ1n) is 10.6. The van der Waals surface area contributed by atoms with Crippen molar-refractivity contribution in [1.82, 2.24) is 10.2 Å². The van der Waals surface area contributed by atoms with Crippen molar-refractivity contribution in [2.45, 2.75) is 26.4 Å². The van der Waals surface area contributed by atoms with Gasteiger partial charge in [-0.3, -0.25) is 4.79 Å². The second-order valence-electron chi connectivity index (χ2n) is 6.84. The molecule has 2 aromatic carbocycles. The topological polar surface area (TPSA) is 105 Å². The Labute approximate surface area is 186 Å². The molecule has 6 N–H and O–H groups in total. The van der Waals surface area contributed by atoms with Crippen LogP contribution in [0.25, 0.3) is 0 Å². The summed E-state index contributed by atoms with van der Waals surface area (Å²) in [6.45, 7) is 5.63. The Hall–Kier alpha value is -3.09. The molecule has 0 radical (unpaired) electrons. The van der Waals surface area contributed by atoms with E-state index in [1.807, 2.05) is 68.4 Å². The highest BCUT2D eigenvalue weighted by molar-refractivity contribution is 5.94. The number of likely N-dealkylation sites (N-methyl/N-ethyl adjacent to an activating group) is 1. The molecule has 0 fully saturated rings.